The summed E-state index contributed by atoms with van der Waals surface area (Å²) in [6, 6.07) is 10.5. The van der Waals surface area contributed by atoms with Crippen molar-refractivity contribution in [1.82, 2.24) is 14.9 Å². The molecule has 0 aliphatic heterocycles. The zero-order valence-electron chi connectivity index (χ0n) is 15.3. The molecule has 2 aromatic heterocycles. The van der Waals surface area contributed by atoms with Gasteiger partial charge in [-0.15, -0.1) is 11.3 Å². The summed E-state index contributed by atoms with van der Waals surface area (Å²) in [6.07, 6.45) is 1.85. The van der Waals surface area contributed by atoms with Crippen molar-refractivity contribution < 1.29 is 9.53 Å². The number of aryl methyl sites for hydroxylation is 1. The lowest BCUT2D eigenvalue weighted by Crippen LogP contribution is -2.25. The Kier molecular flexibility index (Phi) is 6.41. The molecule has 0 saturated carbocycles. The van der Waals surface area contributed by atoms with E-state index in [9.17, 15) is 4.79 Å². The summed E-state index contributed by atoms with van der Waals surface area (Å²) in [5.41, 5.74) is 2.77. The number of nitrogens with one attached hydrogen (secondary N) is 1. The van der Waals surface area contributed by atoms with Crippen molar-refractivity contribution in [2.45, 2.75) is 33.2 Å². The van der Waals surface area contributed by atoms with Crippen LogP contribution in [-0.4, -0.2) is 35.2 Å². The number of benzene rings is 1. The van der Waals surface area contributed by atoms with Crippen molar-refractivity contribution in [1.29, 1.82) is 0 Å². The van der Waals surface area contributed by atoms with E-state index in [2.05, 4.69) is 46.1 Å². The fourth-order valence-corrected chi connectivity index (χ4v) is 3.78. The lowest BCUT2D eigenvalue weighted by Gasteiger charge is -2.07. The van der Waals surface area contributed by atoms with Crippen LogP contribution in [0.5, 0.6) is 0 Å². The highest BCUT2D eigenvalue weighted by Crippen LogP contribution is 2.30. The Morgan fingerprint density at radius 2 is 2.15 bits per heavy atom. The first-order chi connectivity index (χ1) is 12.7. The van der Waals surface area contributed by atoms with Gasteiger partial charge in [0.15, 0.2) is 0 Å². The van der Waals surface area contributed by atoms with E-state index in [1.807, 2.05) is 18.4 Å². The normalized spacial score (nSPS) is 11.2. The van der Waals surface area contributed by atoms with E-state index in [4.69, 9.17) is 4.74 Å². The van der Waals surface area contributed by atoms with Crippen LogP contribution in [0.1, 0.15) is 37.2 Å². The van der Waals surface area contributed by atoms with Crippen molar-refractivity contribution in [2.75, 3.05) is 19.8 Å². The molecule has 1 N–H and O–H groups in total. The SMILES string of the molecule is CCCn1c(-c2nc(C(=O)NCCCOCC)cs2)cc2ccccc21. The highest BCUT2D eigenvalue weighted by atomic mass is 32.1. The molecular weight excluding hydrogens is 346 g/mol. The molecular formula is C20H25N3O2S. The van der Waals surface area contributed by atoms with E-state index in [1.54, 1.807) is 0 Å². The predicted molar refractivity (Wildman–Crippen MR) is 107 cm³/mol. The van der Waals surface area contributed by atoms with Crippen molar-refractivity contribution in [3.8, 4) is 10.7 Å². The first-order valence-corrected chi connectivity index (χ1v) is 10.0. The van der Waals surface area contributed by atoms with Gasteiger partial charge < -0.3 is 14.6 Å². The summed E-state index contributed by atoms with van der Waals surface area (Å²) in [5.74, 6) is -0.123. The number of para-hydroxylation sites is 1. The van der Waals surface area contributed by atoms with Crippen molar-refractivity contribution in [2.24, 2.45) is 0 Å². The number of fused-ring (bicyclic) bond motifs is 1. The molecule has 5 nitrogen and oxygen atoms in total. The molecule has 0 aliphatic carbocycles. The molecule has 138 valence electrons. The minimum Gasteiger partial charge on any atom is -0.382 e. The van der Waals surface area contributed by atoms with Crippen LogP contribution in [0, 0.1) is 0 Å². The van der Waals surface area contributed by atoms with Crippen LogP contribution in [-0.2, 0) is 11.3 Å². The minimum atomic E-state index is -0.123. The van der Waals surface area contributed by atoms with Crippen molar-refractivity contribution >= 4 is 28.1 Å². The number of ether oxygens (including phenoxy) is 1. The van der Waals surface area contributed by atoms with Gasteiger partial charge in [0, 0.05) is 42.6 Å². The average Bonchev–Trinajstić information content (AvgIpc) is 3.27. The van der Waals surface area contributed by atoms with E-state index < -0.39 is 0 Å². The quantitative estimate of drug-likeness (QED) is 0.570. The average molecular weight is 372 g/mol. The number of aromatic nitrogens is 2. The van der Waals surface area contributed by atoms with E-state index >= 15 is 0 Å². The number of carbonyl (C=O) groups excluding carboxylic acids is 1. The fourth-order valence-electron chi connectivity index (χ4n) is 2.96. The molecule has 0 fully saturated rings. The third-order valence-corrected chi connectivity index (χ3v) is 5.03. The van der Waals surface area contributed by atoms with Gasteiger partial charge in [-0.3, -0.25) is 4.79 Å². The van der Waals surface area contributed by atoms with Gasteiger partial charge >= 0.3 is 0 Å². The molecule has 1 amide bonds. The fraction of sp³-hybridized carbons (Fsp3) is 0.400. The standard InChI is InChI=1S/C20H25N3O2S/c1-3-11-23-17-9-6-5-8-15(17)13-18(23)20-22-16(14-26-20)19(24)21-10-7-12-25-4-2/h5-6,8-9,13-14H,3-4,7,10-12H2,1-2H3,(H,21,24). The van der Waals surface area contributed by atoms with Crippen LogP contribution < -0.4 is 5.32 Å². The summed E-state index contributed by atoms with van der Waals surface area (Å²) in [4.78, 5) is 16.9. The Hall–Kier alpha value is -2.18. The highest BCUT2D eigenvalue weighted by Gasteiger charge is 2.16. The van der Waals surface area contributed by atoms with Crippen LogP contribution in [0.3, 0.4) is 0 Å². The number of hydrogen-bond acceptors (Lipinski definition) is 4. The van der Waals surface area contributed by atoms with Gasteiger partial charge in [0.25, 0.3) is 5.91 Å². The molecule has 26 heavy (non-hydrogen) atoms. The third kappa shape index (κ3) is 4.14. The molecule has 0 aliphatic rings. The third-order valence-electron chi connectivity index (χ3n) is 4.17. The first kappa shape index (κ1) is 18.6. The molecule has 0 unspecified atom stereocenters. The van der Waals surface area contributed by atoms with Crippen LogP contribution in [0.25, 0.3) is 21.6 Å². The van der Waals surface area contributed by atoms with E-state index in [1.165, 1.54) is 22.2 Å². The van der Waals surface area contributed by atoms with Gasteiger partial charge in [-0.25, -0.2) is 4.98 Å². The topological polar surface area (TPSA) is 56.2 Å². The van der Waals surface area contributed by atoms with Crippen LogP contribution >= 0.6 is 11.3 Å². The zero-order chi connectivity index (χ0) is 18.4. The second-order valence-corrected chi connectivity index (χ2v) is 6.94. The predicted octanol–water partition coefficient (Wildman–Crippen LogP) is 4.33. The molecule has 0 bridgehead atoms. The number of hydrogen-bond donors (Lipinski definition) is 1. The molecule has 3 rings (SSSR count). The molecule has 0 saturated heterocycles. The summed E-state index contributed by atoms with van der Waals surface area (Å²) >= 11 is 1.52. The monoisotopic (exact) mass is 371 g/mol. The molecule has 6 heteroatoms. The lowest BCUT2D eigenvalue weighted by atomic mass is 10.2. The summed E-state index contributed by atoms with van der Waals surface area (Å²) in [5, 5.41) is 6.83. The second kappa shape index (κ2) is 8.96. The van der Waals surface area contributed by atoms with Crippen LogP contribution in [0.15, 0.2) is 35.7 Å². The van der Waals surface area contributed by atoms with Gasteiger partial charge in [0.2, 0.25) is 0 Å². The molecule has 1 aromatic carbocycles. The first-order valence-electron chi connectivity index (χ1n) is 9.14. The Labute approximate surface area is 158 Å². The summed E-state index contributed by atoms with van der Waals surface area (Å²) < 4.78 is 7.57. The van der Waals surface area contributed by atoms with Crippen LogP contribution in [0.2, 0.25) is 0 Å². The molecule has 2 heterocycles. The number of nitrogens with zero attached hydrogens (tertiary/aromatic N) is 2. The zero-order valence-corrected chi connectivity index (χ0v) is 16.1. The Balaban J connectivity index is 1.76. The largest absolute Gasteiger partial charge is 0.382 e. The highest BCUT2D eigenvalue weighted by molar-refractivity contribution is 7.13. The number of amides is 1. The van der Waals surface area contributed by atoms with Crippen LogP contribution in [0.4, 0.5) is 0 Å². The number of carbonyl (C=O) groups is 1. The van der Waals surface area contributed by atoms with Gasteiger partial charge in [0.1, 0.15) is 10.7 Å². The maximum atomic E-state index is 12.3. The van der Waals surface area contributed by atoms with E-state index in [-0.39, 0.29) is 5.91 Å². The maximum absolute atomic E-state index is 12.3. The Morgan fingerprint density at radius 3 is 2.96 bits per heavy atom. The Bertz CT molecular complexity index is 869. The van der Waals surface area contributed by atoms with E-state index in [0.717, 1.165) is 30.1 Å². The van der Waals surface area contributed by atoms with Gasteiger partial charge in [-0.1, -0.05) is 25.1 Å². The van der Waals surface area contributed by atoms with E-state index in [0.29, 0.717) is 25.5 Å². The summed E-state index contributed by atoms with van der Waals surface area (Å²) in [7, 11) is 0. The molecule has 0 spiro atoms. The Morgan fingerprint density at radius 1 is 1.31 bits per heavy atom. The number of thiazole rings is 1. The molecule has 3 aromatic rings. The number of rotatable bonds is 9. The van der Waals surface area contributed by atoms with Gasteiger partial charge in [-0.05, 0) is 31.9 Å². The van der Waals surface area contributed by atoms with Crippen molar-refractivity contribution in [3.63, 3.8) is 0 Å². The molecule has 0 atom stereocenters. The van der Waals surface area contributed by atoms with Gasteiger partial charge in [0.05, 0.1) is 5.69 Å². The maximum Gasteiger partial charge on any atom is 0.270 e. The minimum absolute atomic E-state index is 0.123. The molecule has 0 radical (unpaired) electrons. The second-order valence-electron chi connectivity index (χ2n) is 6.08. The lowest BCUT2D eigenvalue weighted by molar-refractivity contribution is 0.0940. The smallest absolute Gasteiger partial charge is 0.270 e. The van der Waals surface area contributed by atoms with Crippen molar-refractivity contribution in [3.05, 3.63) is 41.4 Å². The van der Waals surface area contributed by atoms with Gasteiger partial charge in [-0.2, -0.15) is 0 Å². The summed E-state index contributed by atoms with van der Waals surface area (Å²) in [6.45, 7) is 7.03.